The zero-order valence-corrected chi connectivity index (χ0v) is 10.3. The number of halogens is 1. The van der Waals surface area contributed by atoms with Crippen molar-refractivity contribution in [3.63, 3.8) is 0 Å². The number of nitrogens with two attached hydrogens (primary N) is 1. The summed E-state index contributed by atoms with van der Waals surface area (Å²) in [6, 6.07) is 6.43. The van der Waals surface area contributed by atoms with Crippen LogP contribution < -0.4 is 5.73 Å². The molecule has 0 radical (unpaired) electrons. The molecule has 0 aliphatic heterocycles. The summed E-state index contributed by atoms with van der Waals surface area (Å²) in [5, 5.41) is 0. The number of likely N-dealkylation sites (N-methyl/N-ethyl adjacent to an activating group) is 1. The summed E-state index contributed by atoms with van der Waals surface area (Å²) >= 11 is 0. The molecule has 0 spiro atoms. The van der Waals surface area contributed by atoms with E-state index in [1.807, 2.05) is 6.92 Å². The van der Waals surface area contributed by atoms with Gasteiger partial charge in [0.05, 0.1) is 6.42 Å². The third kappa shape index (κ3) is 3.82. The minimum Gasteiger partial charge on any atom is -0.343 e. The summed E-state index contributed by atoms with van der Waals surface area (Å²) in [4.78, 5) is 13.5. The second kappa shape index (κ2) is 6.35. The zero-order chi connectivity index (χ0) is 12.8. The van der Waals surface area contributed by atoms with Crippen molar-refractivity contribution in [2.45, 2.75) is 25.8 Å². The molecule has 1 atom stereocenters. The number of nitrogens with zero attached hydrogens (tertiary/aromatic N) is 1. The van der Waals surface area contributed by atoms with E-state index in [1.54, 1.807) is 30.1 Å². The van der Waals surface area contributed by atoms with Crippen LogP contribution in [0.4, 0.5) is 4.39 Å². The highest BCUT2D eigenvalue weighted by atomic mass is 19.1. The van der Waals surface area contributed by atoms with Crippen LogP contribution in [-0.4, -0.2) is 30.4 Å². The summed E-state index contributed by atoms with van der Waals surface area (Å²) in [5.41, 5.74) is 5.88. The van der Waals surface area contributed by atoms with Crippen LogP contribution in [0.25, 0.3) is 0 Å². The minimum atomic E-state index is -0.333. The Bertz CT molecular complexity index is 381. The van der Waals surface area contributed by atoms with Gasteiger partial charge in [-0.25, -0.2) is 4.39 Å². The lowest BCUT2D eigenvalue weighted by atomic mass is 10.1. The van der Waals surface area contributed by atoms with E-state index in [0.29, 0.717) is 12.1 Å². The molecule has 17 heavy (non-hydrogen) atoms. The van der Waals surface area contributed by atoms with Crippen molar-refractivity contribution in [1.29, 1.82) is 0 Å². The summed E-state index contributed by atoms with van der Waals surface area (Å²) < 4.78 is 13.4. The molecule has 0 aliphatic rings. The Labute approximate surface area is 101 Å². The molecule has 4 heteroatoms. The Kier molecular flexibility index (Phi) is 5.10. The fourth-order valence-electron chi connectivity index (χ4n) is 1.61. The molecule has 1 amide bonds. The molecule has 0 heterocycles. The molecule has 94 valence electrons. The normalized spacial score (nSPS) is 12.2. The topological polar surface area (TPSA) is 46.3 Å². The second-order valence-corrected chi connectivity index (χ2v) is 4.20. The van der Waals surface area contributed by atoms with E-state index in [2.05, 4.69) is 0 Å². The first-order valence-corrected chi connectivity index (χ1v) is 5.75. The van der Waals surface area contributed by atoms with Crippen LogP contribution >= 0.6 is 0 Å². The maximum atomic E-state index is 13.4. The molecule has 1 aromatic carbocycles. The number of amides is 1. The summed E-state index contributed by atoms with van der Waals surface area (Å²) in [7, 11) is 1.73. The van der Waals surface area contributed by atoms with Crippen LogP contribution in [0.2, 0.25) is 0 Å². The van der Waals surface area contributed by atoms with Gasteiger partial charge in [0.15, 0.2) is 0 Å². The number of carbonyl (C=O) groups is 1. The second-order valence-electron chi connectivity index (χ2n) is 4.20. The predicted molar refractivity (Wildman–Crippen MR) is 66.0 cm³/mol. The molecule has 0 fully saturated rings. The van der Waals surface area contributed by atoms with Crippen molar-refractivity contribution < 1.29 is 9.18 Å². The standard InChI is InChI=1S/C13H19FN2O/c1-10(7-8-15)16(2)13(17)9-11-5-3-4-6-12(11)14/h3-6,10H,7-9,15H2,1-2H3. The van der Waals surface area contributed by atoms with Gasteiger partial charge in [-0.3, -0.25) is 4.79 Å². The average Bonchev–Trinajstić information content (AvgIpc) is 2.31. The lowest BCUT2D eigenvalue weighted by molar-refractivity contribution is -0.131. The Morgan fingerprint density at radius 3 is 2.71 bits per heavy atom. The van der Waals surface area contributed by atoms with E-state index >= 15 is 0 Å². The third-order valence-electron chi connectivity index (χ3n) is 2.94. The van der Waals surface area contributed by atoms with Crippen molar-refractivity contribution in [3.05, 3.63) is 35.6 Å². The Hall–Kier alpha value is -1.42. The molecule has 0 aliphatic carbocycles. The van der Waals surface area contributed by atoms with Gasteiger partial charge < -0.3 is 10.6 Å². The summed E-state index contributed by atoms with van der Waals surface area (Å²) in [6.07, 6.45) is 0.845. The largest absolute Gasteiger partial charge is 0.343 e. The van der Waals surface area contributed by atoms with Crippen molar-refractivity contribution >= 4 is 5.91 Å². The minimum absolute atomic E-state index is 0.0827. The van der Waals surface area contributed by atoms with Gasteiger partial charge in [-0.1, -0.05) is 18.2 Å². The average molecular weight is 238 g/mol. The number of rotatable bonds is 5. The zero-order valence-electron chi connectivity index (χ0n) is 10.3. The fraction of sp³-hybridized carbons (Fsp3) is 0.462. The third-order valence-corrected chi connectivity index (χ3v) is 2.94. The number of hydrogen-bond acceptors (Lipinski definition) is 2. The van der Waals surface area contributed by atoms with Gasteiger partial charge >= 0.3 is 0 Å². The van der Waals surface area contributed by atoms with Crippen LogP contribution in [0.15, 0.2) is 24.3 Å². The molecule has 1 unspecified atom stereocenters. The Morgan fingerprint density at radius 2 is 2.12 bits per heavy atom. The molecule has 2 N–H and O–H groups in total. The summed E-state index contributed by atoms with van der Waals surface area (Å²) in [5.74, 6) is -0.420. The molecule has 3 nitrogen and oxygen atoms in total. The van der Waals surface area contributed by atoms with Gasteiger partial charge in [0.2, 0.25) is 5.91 Å². The molecule has 1 aromatic rings. The van der Waals surface area contributed by atoms with Gasteiger partial charge in [-0.2, -0.15) is 0 Å². The molecule has 1 rings (SSSR count). The summed E-state index contributed by atoms with van der Waals surface area (Å²) in [6.45, 7) is 2.48. The predicted octanol–water partition coefficient (Wildman–Crippen LogP) is 1.56. The molecule has 0 bridgehead atoms. The van der Waals surface area contributed by atoms with Gasteiger partial charge in [0.1, 0.15) is 5.82 Å². The lowest BCUT2D eigenvalue weighted by Gasteiger charge is -2.24. The maximum absolute atomic E-state index is 13.4. The number of benzene rings is 1. The number of hydrogen-bond donors (Lipinski definition) is 1. The van der Waals surface area contributed by atoms with E-state index in [0.717, 1.165) is 6.42 Å². The lowest BCUT2D eigenvalue weighted by Crippen LogP contribution is -2.37. The van der Waals surface area contributed by atoms with Crippen molar-refractivity contribution in [2.24, 2.45) is 5.73 Å². The Morgan fingerprint density at radius 1 is 1.47 bits per heavy atom. The van der Waals surface area contributed by atoms with Crippen molar-refractivity contribution in [2.75, 3.05) is 13.6 Å². The van der Waals surface area contributed by atoms with Crippen LogP contribution in [0.3, 0.4) is 0 Å². The van der Waals surface area contributed by atoms with Crippen LogP contribution in [-0.2, 0) is 11.2 Å². The maximum Gasteiger partial charge on any atom is 0.227 e. The quantitative estimate of drug-likeness (QED) is 0.846. The van der Waals surface area contributed by atoms with E-state index in [-0.39, 0.29) is 24.2 Å². The first kappa shape index (κ1) is 13.6. The molecule has 0 saturated carbocycles. The molecular formula is C13H19FN2O. The monoisotopic (exact) mass is 238 g/mol. The highest BCUT2D eigenvalue weighted by molar-refractivity contribution is 5.78. The van der Waals surface area contributed by atoms with Gasteiger partial charge in [0.25, 0.3) is 0 Å². The van der Waals surface area contributed by atoms with Crippen molar-refractivity contribution in [3.8, 4) is 0 Å². The van der Waals surface area contributed by atoms with Gasteiger partial charge in [0, 0.05) is 13.1 Å². The van der Waals surface area contributed by atoms with E-state index < -0.39 is 0 Å². The smallest absolute Gasteiger partial charge is 0.227 e. The molecule has 0 aromatic heterocycles. The number of carbonyl (C=O) groups excluding carboxylic acids is 1. The highest BCUT2D eigenvalue weighted by Gasteiger charge is 2.16. The van der Waals surface area contributed by atoms with Crippen molar-refractivity contribution in [1.82, 2.24) is 4.90 Å². The SMILES string of the molecule is CC(CCN)N(C)C(=O)Cc1ccccc1F. The van der Waals surface area contributed by atoms with Crippen LogP contribution in [0.1, 0.15) is 18.9 Å². The van der Waals surface area contributed by atoms with Crippen LogP contribution in [0.5, 0.6) is 0 Å². The highest BCUT2D eigenvalue weighted by Crippen LogP contribution is 2.10. The Balaban J connectivity index is 2.63. The van der Waals surface area contributed by atoms with E-state index in [1.165, 1.54) is 6.07 Å². The molecular weight excluding hydrogens is 219 g/mol. The fourth-order valence-corrected chi connectivity index (χ4v) is 1.61. The molecule has 0 saturated heterocycles. The van der Waals surface area contributed by atoms with Gasteiger partial charge in [-0.05, 0) is 31.5 Å². The van der Waals surface area contributed by atoms with E-state index in [4.69, 9.17) is 5.73 Å². The first-order valence-electron chi connectivity index (χ1n) is 5.75. The van der Waals surface area contributed by atoms with E-state index in [9.17, 15) is 9.18 Å². The van der Waals surface area contributed by atoms with Crippen LogP contribution in [0, 0.1) is 5.82 Å². The first-order chi connectivity index (χ1) is 8.06. The van der Waals surface area contributed by atoms with Gasteiger partial charge in [-0.15, -0.1) is 0 Å².